The standard InChI is InChI=1S/C11H10FN3O4S/c12-10-4-3-8(15(16)17)6-11(10)20(18,19)14-5-1-2-9(14)7-13/h3-4,6,9H,1-2,5H2. The lowest BCUT2D eigenvalue weighted by Gasteiger charge is -2.19. The number of halogens is 1. The van der Waals surface area contributed by atoms with Crippen LogP contribution in [0.3, 0.4) is 0 Å². The van der Waals surface area contributed by atoms with Crippen LogP contribution in [-0.2, 0) is 10.0 Å². The second kappa shape index (κ2) is 5.15. The Balaban J connectivity index is 2.52. The summed E-state index contributed by atoms with van der Waals surface area (Å²) in [5, 5.41) is 19.6. The largest absolute Gasteiger partial charge is 0.270 e. The molecule has 2 rings (SSSR count). The molecule has 1 aromatic carbocycles. The lowest BCUT2D eigenvalue weighted by molar-refractivity contribution is -0.385. The van der Waals surface area contributed by atoms with Crippen molar-refractivity contribution in [3.63, 3.8) is 0 Å². The lowest BCUT2D eigenvalue weighted by atomic mass is 10.2. The fraction of sp³-hybridized carbons (Fsp3) is 0.364. The molecule has 0 spiro atoms. The molecule has 7 nitrogen and oxygen atoms in total. The SMILES string of the molecule is N#CC1CCCN1S(=O)(=O)c1cc([N+](=O)[O-])ccc1F. The van der Waals surface area contributed by atoms with Crippen molar-refractivity contribution in [1.29, 1.82) is 5.26 Å². The summed E-state index contributed by atoms with van der Waals surface area (Å²) in [5.74, 6) is -1.07. The van der Waals surface area contributed by atoms with E-state index in [0.717, 1.165) is 16.4 Å². The van der Waals surface area contributed by atoms with Crippen molar-refractivity contribution in [2.45, 2.75) is 23.8 Å². The van der Waals surface area contributed by atoms with Crippen LogP contribution < -0.4 is 0 Å². The Hall–Kier alpha value is -2.05. The molecule has 20 heavy (non-hydrogen) atoms. The number of hydrogen-bond donors (Lipinski definition) is 0. The minimum absolute atomic E-state index is 0.0999. The van der Waals surface area contributed by atoms with E-state index in [1.54, 1.807) is 0 Å². The van der Waals surface area contributed by atoms with Crippen molar-refractivity contribution in [2.24, 2.45) is 0 Å². The van der Waals surface area contributed by atoms with Crippen LogP contribution in [-0.4, -0.2) is 30.2 Å². The molecule has 1 unspecified atom stereocenters. The van der Waals surface area contributed by atoms with E-state index >= 15 is 0 Å². The van der Waals surface area contributed by atoms with Crippen LogP contribution in [0.25, 0.3) is 0 Å². The normalized spacial score (nSPS) is 19.7. The van der Waals surface area contributed by atoms with Gasteiger partial charge in [-0.3, -0.25) is 10.1 Å². The predicted molar refractivity (Wildman–Crippen MR) is 65.6 cm³/mol. The maximum atomic E-state index is 13.7. The van der Waals surface area contributed by atoms with E-state index in [1.807, 2.05) is 6.07 Å². The third-order valence-electron chi connectivity index (χ3n) is 3.06. The van der Waals surface area contributed by atoms with E-state index in [9.17, 15) is 22.9 Å². The number of nitrogens with zero attached hydrogens (tertiary/aromatic N) is 3. The smallest absolute Gasteiger partial charge is 0.258 e. The molecule has 0 N–H and O–H groups in total. The maximum absolute atomic E-state index is 13.7. The van der Waals surface area contributed by atoms with Gasteiger partial charge < -0.3 is 0 Å². The topological polar surface area (TPSA) is 104 Å². The zero-order valence-corrected chi connectivity index (χ0v) is 11.0. The van der Waals surface area contributed by atoms with Crippen LogP contribution in [0.4, 0.5) is 10.1 Å². The maximum Gasteiger partial charge on any atom is 0.270 e. The molecule has 1 aliphatic heterocycles. The van der Waals surface area contributed by atoms with Crippen LogP contribution in [0.1, 0.15) is 12.8 Å². The number of benzene rings is 1. The summed E-state index contributed by atoms with van der Waals surface area (Å²) >= 11 is 0. The fourth-order valence-electron chi connectivity index (χ4n) is 2.09. The van der Waals surface area contributed by atoms with Crippen molar-refractivity contribution >= 4 is 15.7 Å². The average Bonchev–Trinajstić information content (AvgIpc) is 2.87. The summed E-state index contributed by atoms with van der Waals surface area (Å²) in [5.41, 5.74) is -0.516. The molecular weight excluding hydrogens is 289 g/mol. The first kappa shape index (κ1) is 14.4. The van der Waals surface area contributed by atoms with Gasteiger partial charge in [-0.25, -0.2) is 12.8 Å². The molecule has 0 bridgehead atoms. The van der Waals surface area contributed by atoms with Crippen LogP contribution in [0.15, 0.2) is 23.1 Å². The summed E-state index contributed by atoms with van der Waals surface area (Å²) in [4.78, 5) is 9.08. The Kier molecular flexibility index (Phi) is 3.69. The van der Waals surface area contributed by atoms with Gasteiger partial charge in [0, 0.05) is 18.7 Å². The predicted octanol–water partition coefficient (Wildman–Crippen LogP) is 1.41. The number of rotatable bonds is 3. The first-order valence-corrected chi connectivity index (χ1v) is 7.17. The number of hydrogen-bond acceptors (Lipinski definition) is 5. The highest BCUT2D eigenvalue weighted by Gasteiger charge is 2.37. The Labute approximate surface area is 114 Å². The molecule has 1 fully saturated rings. The highest BCUT2D eigenvalue weighted by atomic mass is 32.2. The Bertz CT molecular complexity index is 698. The zero-order chi connectivity index (χ0) is 14.9. The van der Waals surface area contributed by atoms with Crippen LogP contribution in [0.5, 0.6) is 0 Å². The van der Waals surface area contributed by atoms with Gasteiger partial charge in [0.05, 0.1) is 11.0 Å². The van der Waals surface area contributed by atoms with Crippen LogP contribution in [0.2, 0.25) is 0 Å². The summed E-state index contributed by atoms with van der Waals surface area (Å²) in [6, 6.07) is 3.28. The monoisotopic (exact) mass is 299 g/mol. The molecule has 0 radical (unpaired) electrons. The number of nitriles is 1. The van der Waals surface area contributed by atoms with Crippen molar-refractivity contribution in [3.8, 4) is 6.07 Å². The van der Waals surface area contributed by atoms with Gasteiger partial charge >= 0.3 is 0 Å². The number of nitro groups is 1. The van der Waals surface area contributed by atoms with Gasteiger partial charge in [-0.05, 0) is 18.9 Å². The summed E-state index contributed by atoms with van der Waals surface area (Å²) in [6.07, 6.45) is 0.861. The summed E-state index contributed by atoms with van der Waals surface area (Å²) < 4.78 is 39.2. The average molecular weight is 299 g/mol. The first-order chi connectivity index (χ1) is 9.37. The molecule has 0 aromatic heterocycles. The summed E-state index contributed by atoms with van der Waals surface area (Å²) in [7, 11) is -4.26. The Morgan fingerprint density at radius 1 is 1.50 bits per heavy atom. The minimum atomic E-state index is -4.26. The van der Waals surface area contributed by atoms with Gasteiger partial charge in [0.2, 0.25) is 10.0 Å². The van der Waals surface area contributed by atoms with Crippen LogP contribution >= 0.6 is 0 Å². The molecule has 0 saturated carbocycles. The minimum Gasteiger partial charge on any atom is -0.258 e. The second-order valence-corrected chi connectivity index (χ2v) is 6.13. The highest BCUT2D eigenvalue weighted by molar-refractivity contribution is 7.89. The van der Waals surface area contributed by atoms with Crippen molar-refractivity contribution in [3.05, 3.63) is 34.1 Å². The number of nitro benzene ring substituents is 1. The molecular formula is C11H10FN3O4S. The van der Waals surface area contributed by atoms with Crippen molar-refractivity contribution in [2.75, 3.05) is 6.54 Å². The quantitative estimate of drug-likeness (QED) is 0.620. The molecule has 1 atom stereocenters. The van der Waals surface area contributed by atoms with Gasteiger partial charge in [0.25, 0.3) is 5.69 Å². The number of non-ortho nitro benzene ring substituents is 1. The third-order valence-corrected chi connectivity index (χ3v) is 4.99. The third kappa shape index (κ3) is 2.35. The molecule has 0 amide bonds. The van der Waals surface area contributed by atoms with Gasteiger partial charge in [-0.2, -0.15) is 9.57 Å². The molecule has 1 saturated heterocycles. The lowest BCUT2D eigenvalue weighted by Crippen LogP contribution is -2.35. The molecule has 1 aromatic rings. The van der Waals surface area contributed by atoms with E-state index in [1.165, 1.54) is 0 Å². The molecule has 9 heteroatoms. The van der Waals surface area contributed by atoms with Gasteiger partial charge in [-0.15, -0.1) is 0 Å². The highest BCUT2D eigenvalue weighted by Crippen LogP contribution is 2.29. The van der Waals surface area contributed by atoms with Crippen molar-refractivity contribution < 1.29 is 17.7 Å². The fourth-order valence-corrected chi connectivity index (χ4v) is 3.78. The molecule has 106 valence electrons. The second-order valence-electron chi connectivity index (χ2n) is 4.27. The Morgan fingerprint density at radius 3 is 2.80 bits per heavy atom. The van der Waals surface area contributed by atoms with Gasteiger partial charge in [-0.1, -0.05) is 0 Å². The van der Waals surface area contributed by atoms with Crippen molar-refractivity contribution in [1.82, 2.24) is 4.31 Å². The molecule has 1 heterocycles. The molecule has 1 aliphatic rings. The van der Waals surface area contributed by atoms with Gasteiger partial charge in [0.1, 0.15) is 16.8 Å². The van der Waals surface area contributed by atoms with E-state index in [-0.39, 0.29) is 6.54 Å². The van der Waals surface area contributed by atoms with E-state index in [2.05, 4.69) is 0 Å². The van der Waals surface area contributed by atoms with Gasteiger partial charge in [0.15, 0.2) is 0 Å². The summed E-state index contributed by atoms with van der Waals surface area (Å²) in [6.45, 7) is 0.0999. The first-order valence-electron chi connectivity index (χ1n) is 5.73. The van der Waals surface area contributed by atoms with E-state index < -0.39 is 37.4 Å². The van der Waals surface area contributed by atoms with E-state index in [0.29, 0.717) is 18.9 Å². The van der Waals surface area contributed by atoms with Crippen LogP contribution in [0, 0.1) is 27.3 Å². The number of sulfonamides is 1. The Morgan fingerprint density at radius 2 is 2.20 bits per heavy atom. The van der Waals surface area contributed by atoms with E-state index in [4.69, 9.17) is 5.26 Å². The molecule has 0 aliphatic carbocycles. The zero-order valence-electron chi connectivity index (χ0n) is 10.2.